The molecule has 2 N–H and O–H groups in total. The van der Waals surface area contributed by atoms with Crippen molar-refractivity contribution in [2.24, 2.45) is 0 Å². The number of halogens is 1. The van der Waals surface area contributed by atoms with Crippen LogP contribution in [0.2, 0.25) is 0 Å². The maximum Gasteiger partial charge on any atom is 0.296 e. The van der Waals surface area contributed by atoms with Crippen molar-refractivity contribution in [2.75, 3.05) is 6.61 Å². The Labute approximate surface area is 194 Å². The minimum absolute atomic E-state index is 0.00598. The zero-order valence-electron chi connectivity index (χ0n) is 19.0. The van der Waals surface area contributed by atoms with Gasteiger partial charge in [-0.2, -0.15) is 5.10 Å². The fourth-order valence-corrected chi connectivity index (χ4v) is 4.57. The van der Waals surface area contributed by atoms with Gasteiger partial charge in [0.25, 0.3) is 11.5 Å². The first-order valence-corrected chi connectivity index (χ1v) is 11.2. The third-order valence-corrected chi connectivity index (χ3v) is 6.42. The number of fused-ring (bicyclic) bond motifs is 2. The van der Waals surface area contributed by atoms with Crippen molar-refractivity contribution in [3.63, 3.8) is 0 Å². The van der Waals surface area contributed by atoms with Gasteiger partial charge in [0.2, 0.25) is 5.75 Å². The third-order valence-electron chi connectivity index (χ3n) is 6.42. The summed E-state index contributed by atoms with van der Waals surface area (Å²) in [7, 11) is 0. The number of nitrogens with one attached hydrogen (secondary N) is 1. The van der Waals surface area contributed by atoms with Crippen LogP contribution in [0.4, 0.5) is 4.39 Å². The van der Waals surface area contributed by atoms with E-state index in [4.69, 9.17) is 4.74 Å². The minimum Gasteiger partial charge on any atom is -0.501 e. The highest BCUT2D eigenvalue weighted by atomic mass is 19.1. The number of hydrogen-bond acceptors (Lipinski definition) is 7. The van der Waals surface area contributed by atoms with E-state index in [0.29, 0.717) is 61.1 Å². The number of benzene rings is 1. The third kappa shape index (κ3) is 3.65. The van der Waals surface area contributed by atoms with Gasteiger partial charge in [0, 0.05) is 19.7 Å². The van der Waals surface area contributed by atoms with Crippen LogP contribution in [0, 0.1) is 19.7 Å². The molecule has 2 aromatic heterocycles. The standard InChI is InChI=1S/C23H25FN6O4/c1-13-26-14(2)30(28-13)17-11-16(24)6-5-15(17)12-25-20(32)18-19(31)21(33)29-9-4-10-34-23(7-3-8-23)22(29)27-18/h5-6,11,31H,3-4,7-10,12H2,1-2H3,(H,25,32). The fourth-order valence-electron chi connectivity index (χ4n) is 4.57. The second-order valence-electron chi connectivity index (χ2n) is 8.71. The summed E-state index contributed by atoms with van der Waals surface area (Å²) in [6.07, 6.45) is 2.98. The number of rotatable bonds is 4. The summed E-state index contributed by atoms with van der Waals surface area (Å²) < 4.78 is 22.9. The first-order chi connectivity index (χ1) is 16.3. The van der Waals surface area contributed by atoms with Crippen molar-refractivity contribution in [3.8, 4) is 11.4 Å². The normalized spacial score (nSPS) is 16.6. The molecule has 3 heterocycles. The van der Waals surface area contributed by atoms with Gasteiger partial charge in [0.15, 0.2) is 5.69 Å². The second-order valence-corrected chi connectivity index (χ2v) is 8.71. The summed E-state index contributed by atoms with van der Waals surface area (Å²) in [6.45, 7) is 4.33. The highest BCUT2D eigenvalue weighted by molar-refractivity contribution is 5.94. The molecule has 1 spiro atoms. The molecule has 5 rings (SSSR count). The van der Waals surface area contributed by atoms with E-state index >= 15 is 0 Å². The van der Waals surface area contributed by atoms with E-state index in [1.807, 2.05) is 0 Å². The first kappa shape index (κ1) is 22.2. The summed E-state index contributed by atoms with van der Waals surface area (Å²) >= 11 is 0. The van der Waals surface area contributed by atoms with Gasteiger partial charge in [-0.1, -0.05) is 6.07 Å². The number of carbonyl (C=O) groups excluding carboxylic acids is 1. The molecule has 2 aliphatic rings. The zero-order chi connectivity index (χ0) is 24.0. The average molecular weight is 468 g/mol. The smallest absolute Gasteiger partial charge is 0.296 e. The molecule has 178 valence electrons. The number of aromatic nitrogens is 5. The van der Waals surface area contributed by atoms with Gasteiger partial charge >= 0.3 is 0 Å². The molecule has 0 atom stereocenters. The molecule has 1 aliphatic heterocycles. The van der Waals surface area contributed by atoms with E-state index in [1.165, 1.54) is 27.4 Å². The van der Waals surface area contributed by atoms with Crippen LogP contribution in [0.25, 0.3) is 5.69 Å². The lowest BCUT2D eigenvalue weighted by Gasteiger charge is -2.40. The molecule has 10 nitrogen and oxygen atoms in total. The molecule has 34 heavy (non-hydrogen) atoms. The molecule has 1 saturated carbocycles. The molecule has 1 aromatic carbocycles. The maximum absolute atomic E-state index is 14.0. The van der Waals surface area contributed by atoms with Crippen LogP contribution in [-0.2, 0) is 23.4 Å². The SMILES string of the molecule is Cc1nc(C)n(-c2cc(F)ccc2CNC(=O)c2nc3n(c(=O)c2O)CCCOC32CCC2)n1. The molecule has 1 fully saturated rings. The Morgan fingerprint density at radius 3 is 2.74 bits per heavy atom. The molecular formula is C23H25FN6O4. The van der Waals surface area contributed by atoms with E-state index in [2.05, 4.69) is 20.4 Å². The van der Waals surface area contributed by atoms with E-state index < -0.39 is 28.6 Å². The second kappa shape index (κ2) is 8.32. The Bertz CT molecular complexity index is 1340. The molecule has 1 amide bonds. The number of aryl methyl sites for hydroxylation is 2. The van der Waals surface area contributed by atoms with Crippen molar-refractivity contribution < 1.29 is 19.0 Å². The van der Waals surface area contributed by atoms with E-state index in [9.17, 15) is 19.1 Å². The van der Waals surface area contributed by atoms with Gasteiger partial charge in [-0.05, 0) is 57.2 Å². The lowest BCUT2D eigenvalue weighted by Crippen LogP contribution is -2.43. The van der Waals surface area contributed by atoms with Crippen LogP contribution in [0.1, 0.15) is 59.2 Å². The van der Waals surface area contributed by atoms with E-state index in [0.717, 1.165) is 6.42 Å². The number of ether oxygens (including phenoxy) is 1. The molecule has 3 aromatic rings. The van der Waals surface area contributed by atoms with Crippen molar-refractivity contribution in [2.45, 2.75) is 58.2 Å². The predicted molar refractivity (Wildman–Crippen MR) is 118 cm³/mol. The Balaban J connectivity index is 1.46. The summed E-state index contributed by atoms with van der Waals surface area (Å²) in [5.41, 5.74) is -0.676. The highest BCUT2D eigenvalue weighted by Crippen LogP contribution is 2.45. The van der Waals surface area contributed by atoms with Gasteiger partial charge in [0.1, 0.15) is 28.9 Å². The first-order valence-electron chi connectivity index (χ1n) is 11.2. The number of carbonyl (C=O) groups is 1. The topological polar surface area (TPSA) is 124 Å². The molecule has 0 unspecified atom stereocenters. The van der Waals surface area contributed by atoms with Gasteiger partial charge in [-0.25, -0.2) is 19.0 Å². The minimum atomic E-state index is -0.710. The van der Waals surface area contributed by atoms with Gasteiger partial charge in [0.05, 0.1) is 5.69 Å². The molecule has 0 saturated heterocycles. The zero-order valence-corrected chi connectivity index (χ0v) is 19.0. The Morgan fingerprint density at radius 1 is 1.26 bits per heavy atom. The van der Waals surface area contributed by atoms with Gasteiger partial charge < -0.3 is 15.2 Å². The molecular weight excluding hydrogens is 443 g/mol. The van der Waals surface area contributed by atoms with Crippen molar-refractivity contribution in [1.29, 1.82) is 0 Å². The highest BCUT2D eigenvalue weighted by Gasteiger charge is 2.45. The summed E-state index contributed by atoms with van der Waals surface area (Å²) in [4.78, 5) is 34.6. The Kier molecular flexibility index (Phi) is 5.43. The lowest BCUT2D eigenvalue weighted by molar-refractivity contribution is -0.108. The van der Waals surface area contributed by atoms with Gasteiger partial charge in [-0.15, -0.1) is 0 Å². The monoisotopic (exact) mass is 468 g/mol. The summed E-state index contributed by atoms with van der Waals surface area (Å²) in [5.74, 6) is -0.372. The maximum atomic E-state index is 14.0. The lowest BCUT2D eigenvalue weighted by atomic mass is 9.79. The summed E-state index contributed by atoms with van der Waals surface area (Å²) in [5, 5.41) is 17.5. The fraction of sp³-hybridized carbons (Fsp3) is 0.435. The van der Waals surface area contributed by atoms with Crippen LogP contribution in [0.3, 0.4) is 0 Å². The number of nitrogens with zero attached hydrogens (tertiary/aromatic N) is 5. The quantitative estimate of drug-likeness (QED) is 0.600. The largest absolute Gasteiger partial charge is 0.501 e. The number of aromatic hydroxyl groups is 1. The Morgan fingerprint density at radius 2 is 2.06 bits per heavy atom. The summed E-state index contributed by atoms with van der Waals surface area (Å²) in [6, 6.07) is 4.13. The van der Waals surface area contributed by atoms with Crippen molar-refractivity contribution in [3.05, 3.63) is 63.1 Å². The van der Waals surface area contributed by atoms with Gasteiger partial charge in [-0.3, -0.25) is 14.2 Å². The van der Waals surface area contributed by atoms with Crippen LogP contribution >= 0.6 is 0 Å². The van der Waals surface area contributed by atoms with E-state index in [1.54, 1.807) is 13.8 Å². The van der Waals surface area contributed by atoms with Crippen LogP contribution < -0.4 is 10.9 Å². The number of amides is 1. The number of hydrogen-bond donors (Lipinski definition) is 2. The van der Waals surface area contributed by atoms with Crippen molar-refractivity contribution >= 4 is 5.91 Å². The molecule has 0 bridgehead atoms. The predicted octanol–water partition coefficient (Wildman–Crippen LogP) is 2.02. The van der Waals surface area contributed by atoms with Crippen molar-refractivity contribution in [1.82, 2.24) is 29.6 Å². The van der Waals surface area contributed by atoms with E-state index in [-0.39, 0.29) is 12.2 Å². The molecule has 1 aliphatic carbocycles. The van der Waals surface area contributed by atoms with Crippen LogP contribution in [0.15, 0.2) is 23.0 Å². The molecule has 11 heteroatoms. The Hall–Kier alpha value is -3.60. The van der Waals surface area contributed by atoms with Crippen LogP contribution in [-0.4, -0.2) is 41.9 Å². The average Bonchev–Trinajstić information content (AvgIpc) is 2.99. The molecule has 0 radical (unpaired) electrons. The van der Waals surface area contributed by atoms with Crippen LogP contribution in [0.5, 0.6) is 5.75 Å².